The third-order valence-corrected chi connectivity index (χ3v) is 4.23. The second-order valence-corrected chi connectivity index (χ2v) is 6.23. The maximum Gasteiger partial charge on any atom is 0.324 e. The molecule has 1 atom stereocenters. The fraction of sp³-hybridized carbons (Fsp3) is 0.211. The quantitative estimate of drug-likeness (QED) is 0.587. The number of hydrogen-bond donors (Lipinski definition) is 2. The Morgan fingerprint density at radius 2 is 1.71 bits per heavy atom. The van der Waals surface area contributed by atoms with Crippen molar-refractivity contribution in [1.82, 2.24) is 10.2 Å². The van der Waals surface area contributed by atoms with E-state index in [9.17, 15) is 27.6 Å². The van der Waals surface area contributed by atoms with Gasteiger partial charge in [-0.25, -0.2) is 18.0 Å². The molecule has 1 aliphatic heterocycles. The first-order chi connectivity index (χ1) is 13.3. The topological polar surface area (TPSA) is 78.5 Å². The van der Waals surface area contributed by atoms with Gasteiger partial charge in [-0.05, 0) is 12.0 Å². The number of benzene rings is 2. The minimum Gasteiger partial charge on any atom is -0.326 e. The first-order valence-corrected chi connectivity index (χ1v) is 8.45. The molecule has 1 fully saturated rings. The number of nitrogens with zero attached hydrogens (tertiary/aromatic N) is 1. The molecule has 146 valence electrons. The zero-order valence-electron chi connectivity index (χ0n) is 14.5. The first-order valence-electron chi connectivity index (χ1n) is 8.45. The largest absolute Gasteiger partial charge is 0.326 e. The highest BCUT2D eigenvalue weighted by atomic mass is 19.2. The maximum atomic E-state index is 13.2. The lowest BCUT2D eigenvalue weighted by atomic mass is 10.1. The van der Waals surface area contributed by atoms with Crippen molar-refractivity contribution >= 4 is 23.5 Å². The molecular weight excluding hydrogens is 375 g/mol. The molecule has 2 aromatic rings. The van der Waals surface area contributed by atoms with Gasteiger partial charge in [-0.1, -0.05) is 30.3 Å². The molecule has 28 heavy (non-hydrogen) atoms. The van der Waals surface area contributed by atoms with Crippen LogP contribution in [0.2, 0.25) is 0 Å². The SMILES string of the molecule is O=C(CC1NC(=O)N(CCc2ccccc2)C1=O)Nc1cc(F)c(F)c(F)c1. The van der Waals surface area contributed by atoms with Crippen LogP contribution in [0.3, 0.4) is 0 Å². The number of anilines is 1. The lowest BCUT2D eigenvalue weighted by Crippen LogP contribution is -2.35. The van der Waals surface area contributed by atoms with Gasteiger partial charge in [0.05, 0.1) is 6.42 Å². The molecule has 1 heterocycles. The van der Waals surface area contributed by atoms with Gasteiger partial charge in [0, 0.05) is 24.4 Å². The Balaban J connectivity index is 1.58. The van der Waals surface area contributed by atoms with E-state index in [4.69, 9.17) is 0 Å². The average molecular weight is 391 g/mol. The smallest absolute Gasteiger partial charge is 0.324 e. The summed E-state index contributed by atoms with van der Waals surface area (Å²) in [6.45, 7) is 0.154. The molecule has 2 N–H and O–H groups in total. The summed E-state index contributed by atoms with van der Waals surface area (Å²) in [7, 11) is 0. The number of carbonyl (C=O) groups excluding carboxylic acids is 3. The van der Waals surface area contributed by atoms with E-state index in [2.05, 4.69) is 10.6 Å². The van der Waals surface area contributed by atoms with Gasteiger partial charge < -0.3 is 10.6 Å². The van der Waals surface area contributed by atoms with Crippen LogP contribution in [0, 0.1) is 17.5 Å². The van der Waals surface area contributed by atoms with E-state index in [1.165, 1.54) is 0 Å². The Morgan fingerprint density at radius 1 is 1.07 bits per heavy atom. The van der Waals surface area contributed by atoms with E-state index in [1.807, 2.05) is 30.3 Å². The number of rotatable bonds is 6. The van der Waals surface area contributed by atoms with Crippen LogP contribution in [0.25, 0.3) is 0 Å². The van der Waals surface area contributed by atoms with Crippen LogP contribution < -0.4 is 10.6 Å². The maximum absolute atomic E-state index is 13.2. The third-order valence-electron chi connectivity index (χ3n) is 4.23. The third kappa shape index (κ3) is 4.30. The number of urea groups is 1. The standard InChI is InChI=1S/C19H16F3N3O3/c20-13-8-12(9-14(21)17(13)22)23-16(26)10-15-18(27)25(19(28)24-15)7-6-11-4-2-1-3-5-11/h1-5,8-9,15H,6-7,10H2,(H,23,26)(H,24,28). The molecule has 9 heteroatoms. The molecule has 0 spiro atoms. The summed E-state index contributed by atoms with van der Waals surface area (Å²) in [5.41, 5.74) is 0.656. The summed E-state index contributed by atoms with van der Waals surface area (Å²) >= 11 is 0. The van der Waals surface area contributed by atoms with Gasteiger partial charge in [0.15, 0.2) is 17.5 Å². The number of amides is 4. The number of hydrogen-bond acceptors (Lipinski definition) is 3. The summed E-state index contributed by atoms with van der Waals surface area (Å²) in [5, 5.41) is 4.59. The van der Waals surface area contributed by atoms with E-state index in [1.54, 1.807) is 0 Å². The average Bonchev–Trinajstić information content (AvgIpc) is 2.91. The van der Waals surface area contributed by atoms with Crippen LogP contribution in [0.1, 0.15) is 12.0 Å². The zero-order valence-corrected chi connectivity index (χ0v) is 14.5. The monoisotopic (exact) mass is 391 g/mol. The molecule has 0 bridgehead atoms. The predicted molar refractivity (Wildman–Crippen MR) is 93.7 cm³/mol. The number of nitrogens with one attached hydrogen (secondary N) is 2. The van der Waals surface area contributed by atoms with Gasteiger partial charge in [0.2, 0.25) is 5.91 Å². The van der Waals surface area contributed by atoms with Crippen LogP contribution in [0.15, 0.2) is 42.5 Å². The van der Waals surface area contributed by atoms with Crippen molar-refractivity contribution < 1.29 is 27.6 Å². The summed E-state index contributed by atoms with van der Waals surface area (Å²) in [6.07, 6.45) is 0.0417. The van der Waals surface area contributed by atoms with Crippen molar-refractivity contribution in [3.63, 3.8) is 0 Å². The van der Waals surface area contributed by atoms with Gasteiger partial charge in [0.1, 0.15) is 6.04 Å². The Hall–Kier alpha value is -3.36. The minimum atomic E-state index is -1.65. The minimum absolute atomic E-state index is 0.154. The highest BCUT2D eigenvalue weighted by molar-refractivity contribution is 6.06. The molecule has 4 amide bonds. The van der Waals surface area contributed by atoms with Gasteiger partial charge in [0.25, 0.3) is 5.91 Å². The Bertz CT molecular complexity index is 898. The second kappa shape index (κ2) is 8.12. The molecule has 0 saturated carbocycles. The molecule has 6 nitrogen and oxygen atoms in total. The first kappa shape index (κ1) is 19.4. The fourth-order valence-electron chi connectivity index (χ4n) is 2.84. The highest BCUT2D eigenvalue weighted by Gasteiger charge is 2.38. The number of halogens is 3. The van der Waals surface area contributed by atoms with Gasteiger partial charge in [-0.3, -0.25) is 14.5 Å². The molecule has 3 rings (SSSR count). The predicted octanol–water partition coefficient (Wildman–Crippen LogP) is 2.60. The van der Waals surface area contributed by atoms with Crippen molar-refractivity contribution in [2.24, 2.45) is 0 Å². The van der Waals surface area contributed by atoms with Crippen LogP contribution in [-0.4, -0.2) is 35.3 Å². The summed E-state index contributed by atoms with van der Waals surface area (Å²) in [5.74, 6) is -5.87. The van der Waals surface area contributed by atoms with Crippen molar-refractivity contribution in [2.75, 3.05) is 11.9 Å². The fourth-order valence-corrected chi connectivity index (χ4v) is 2.84. The lowest BCUT2D eigenvalue weighted by Gasteiger charge is -2.13. The number of imide groups is 1. The molecule has 0 radical (unpaired) electrons. The lowest BCUT2D eigenvalue weighted by molar-refractivity contribution is -0.129. The molecule has 0 aliphatic carbocycles. The normalized spacial score (nSPS) is 16.2. The summed E-state index contributed by atoms with van der Waals surface area (Å²) < 4.78 is 39.3. The van der Waals surface area contributed by atoms with E-state index in [0.29, 0.717) is 18.6 Å². The summed E-state index contributed by atoms with van der Waals surface area (Å²) in [4.78, 5) is 37.4. The molecule has 2 aromatic carbocycles. The van der Waals surface area contributed by atoms with Crippen LogP contribution in [0.4, 0.5) is 23.7 Å². The van der Waals surface area contributed by atoms with E-state index >= 15 is 0 Å². The second-order valence-electron chi connectivity index (χ2n) is 6.23. The summed E-state index contributed by atoms with van der Waals surface area (Å²) in [6, 6.07) is 8.82. The molecule has 1 aliphatic rings. The number of carbonyl (C=O) groups is 3. The van der Waals surface area contributed by atoms with Crippen molar-refractivity contribution in [3.8, 4) is 0 Å². The Labute approximate surface area is 158 Å². The Morgan fingerprint density at radius 3 is 2.36 bits per heavy atom. The Kier molecular flexibility index (Phi) is 5.62. The van der Waals surface area contributed by atoms with E-state index in [0.717, 1.165) is 10.5 Å². The van der Waals surface area contributed by atoms with Gasteiger partial charge in [-0.15, -0.1) is 0 Å². The van der Waals surface area contributed by atoms with Gasteiger partial charge >= 0.3 is 6.03 Å². The van der Waals surface area contributed by atoms with Crippen molar-refractivity contribution in [2.45, 2.75) is 18.9 Å². The van der Waals surface area contributed by atoms with E-state index < -0.39 is 47.8 Å². The molecule has 1 unspecified atom stereocenters. The van der Waals surface area contributed by atoms with Crippen LogP contribution >= 0.6 is 0 Å². The zero-order chi connectivity index (χ0) is 20.3. The van der Waals surface area contributed by atoms with Gasteiger partial charge in [-0.2, -0.15) is 0 Å². The van der Waals surface area contributed by atoms with Crippen molar-refractivity contribution in [3.05, 3.63) is 65.5 Å². The van der Waals surface area contributed by atoms with Crippen molar-refractivity contribution in [1.29, 1.82) is 0 Å². The van der Waals surface area contributed by atoms with E-state index in [-0.39, 0.29) is 12.2 Å². The highest BCUT2D eigenvalue weighted by Crippen LogP contribution is 2.18. The van der Waals surface area contributed by atoms with Crippen LogP contribution in [-0.2, 0) is 16.0 Å². The van der Waals surface area contributed by atoms with Crippen LogP contribution in [0.5, 0.6) is 0 Å². The molecular formula is C19H16F3N3O3. The molecule has 0 aromatic heterocycles. The molecule has 1 saturated heterocycles.